The van der Waals surface area contributed by atoms with Gasteiger partial charge in [0.05, 0.1) is 11.3 Å². The van der Waals surface area contributed by atoms with Gasteiger partial charge in [-0.25, -0.2) is 0 Å². The Labute approximate surface area is 108 Å². The van der Waals surface area contributed by atoms with Gasteiger partial charge in [0.25, 0.3) is 5.91 Å². The van der Waals surface area contributed by atoms with E-state index < -0.39 is 0 Å². The molecule has 0 fully saturated rings. The minimum Gasteiger partial charge on any atom is -0.351 e. The van der Waals surface area contributed by atoms with Crippen molar-refractivity contribution in [3.63, 3.8) is 0 Å². The molecule has 5 nitrogen and oxygen atoms in total. The Morgan fingerprint density at radius 1 is 1.47 bits per heavy atom. The molecule has 0 aliphatic rings. The summed E-state index contributed by atoms with van der Waals surface area (Å²) in [4.78, 5) is 11.8. The Morgan fingerprint density at radius 3 is 2.65 bits per heavy atom. The summed E-state index contributed by atoms with van der Waals surface area (Å²) in [6, 6.07) is 0. The first-order valence-corrected chi connectivity index (χ1v) is 5.64. The van der Waals surface area contributed by atoms with Crippen LogP contribution in [-0.2, 0) is 6.54 Å². The van der Waals surface area contributed by atoms with E-state index >= 15 is 0 Å². The van der Waals surface area contributed by atoms with Gasteiger partial charge < -0.3 is 11.1 Å². The van der Waals surface area contributed by atoms with Crippen LogP contribution in [0.15, 0.2) is 0 Å². The molecule has 1 amide bonds. The third kappa shape index (κ3) is 3.71. The largest absolute Gasteiger partial charge is 0.351 e. The van der Waals surface area contributed by atoms with Gasteiger partial charge >= 0.3 is 0 Å². The van der Waals surface area contributed by atoms with Crippen molar-refractivity contribution in [2.45, 2.75) is 33.7 Å². The number of halogens is 1. The summed E-state index contributed by atoms with van der Waals surface area (Å²) < 4.78 is 1.88. The van der Waals surface area contributed by atoms with Crippen molar-refractivity contribution in [2.24, 2.45) is 5.73 Å². The average Bonchev–Trinajstić information content (AvgIpc) is 2.52. The van der Waals surface area contributed by atoms with Crippen molar-refractivity contribution in [1.29, 1.82) is 0 Å². The molecular weight excluding hydrogens is 240 g/mol. The summed E-state index contributed by atoms with van der Waals surface area (Å²) in [5.41, 5.74) is 7.73. The summed E-state index contributed by atoms with van der Waals surface area (Å²) in [6.45, 7) is 7.66. The normalized spacial score (nSPS) is 9.88. The molecule has 3 N–H and O–H groups in total. The van der Waals surface area contributed by atoms with Crippen LogP contribution in [0.1, 0.15) is 35.1 Å². The molecule has 0 radical (unpaired) electrons. The summed E-state index contributed by atoms with van der Waals surface area (Å²) in [7, 11) is 0. The fourth-order valence-electron chi connectivity index (χ4n) is 1.73. The van der Waals surface area contributed by atoms with E-state index in [1.807, 2.05) is 18.5 Å². The van der Waals surface area contributed by atoms with Gasteiger partial charge in [-0.15, -0.1) is 12.4 Å². The number of nitrogens with zero attached hydrogens (tertiary/aromatic N) is 2. The molecule has 0 saturated carbocycles. The molecule has 17 heavy (non-hydrogen) atoms. The van der Waals surface area contributed by atoms with Crippen LogP contribution in [0.3, 0.4) is 0 Å². The van der Waals surface area contributed by atoms with Crippen LogP contribution < -0.4 is 11.1 Å². The number of carbonyl (C=O) groups excluding carboxylic acids is 1. The fraction of sp³-hybridized carbons (Fsp3) is 0.636. The van der Waals surface area contributed by atoms with Gasteiger partial charge in [-0.2, -0.15) is 5.10 Å². The van der Waals surface area contributed by atoms with E-state index in [9.17, 15) is 4.79 Å². The van der Waals surface area contributed by atoms with Crippen molar-refractivity contribution in [3.8, 4) is 0 Å². The fourth-order valence-corrected chi connectivity index (χ4v) is 1.73. The third-order valence-electron chi connectivity index (χ3n) is 2.47. The molecule has 0 atom stereocenters. The molecule has 0 aromatic carbocycles. The number of amides is 1. The first kappa shape index (κ1) is 15.9. The Balaban J connectivity index is 0.00000256. The van der Waals surface area contributed by atoms with Gasteiger partial charge in [0.2, 0.25) is 0 Å². The maximum atomic E-state index is 11.8. The lowest BCUT2D eigenvalue weighted by Gasteiger charge is -2.04. The Bertz CT molecular complexity index is 376. The second-order valence-corrected chi connectivity index (χ2v) is 3.81. The molecule has 0 spiro atoms. The second-order valence-electron chi connectivity index (χ2n) is 3.81. The smallest absolute Gasteiger partial charge is 0.255 e. The second kappa shape index (κ2) is 7.29. The number of hydrogen-bond donors (Lipinski definition) is 2. The van der Waals surface area contributed by atoms with Crippen LogP contribution in [0.2, 0.25) is 0 Å². The van der Waals surface area contributed by atoms with Gasteiger partial charge in [0.15, 0.2) is 0 Å². The zero-order valence-corrected chi connectivity index (χ0v) is 11.4. The van der Waals surface area contributed by atoms with E-state index in [4.69, 9.17) is 5.73 Å². The number of aryl methyl sites for hydroxylation is 2. The van der Waals surface area contributed by atoms with Gasteiger partial charge in [-0.1, -0.05) is 6.92 Å². The van der Waals surface area contributed by atoms with Crippen LogP contribution in [0.5, 0.6) is 0 Å². The predicted octanol–water partition coefficient (Wildman–Crippen LogP) is 1.02. The Kier molecular flexibility index (Phi) is 6.83. The molecule has 0 saturated heterocycles. The molecule has 1 aromatic rings. The van der Waals surface area contributed by atoms with Crippen LogP contribution in [-0.4, -0.2) is 28.8 Å². The maximum Gasteiger partial charge on any atom is 0.255 e. The third-order valence-corrected chi connectivity index (χ3v) is 2.47. The van der Waals surface area contributed by atoms with E-state index in [0.717, 1.165) is 24.4 Å². The van der Waals surface area contributed by atoms with E-state index in [0.29, 0.717) is 18.7 Å². The molecule has 98 valence electrons. The van der Waals surface area contributed by atoms with Crippen molar-refractivity contribution in [3.05, 3.63) is 17.0 Å². The molecule has 1 aromatic heterocycles. The predicted molar refractivity (Wildman–Crippen MR) is 70.6 cm³/mol. The highest BCUT2D eigenvalue weighted by Gasteiger charge is 2.17. The van der Waals surface area contributed by atoms with Crippen molar-refractivity contribution >= 4 is 18.3 Å². The van der Waals surface area contributed by atoms with Gasteiger partial charge in [-0.05, 0) is 20.3 Å². The first-order chi connectivity index (χ1) is 7.61. The lowest BCUT2D eigenvalue weighted by atomic mass is 10.2. The van der Waals surface area contributed by atoms with E-state index in [1.165, 1.54) is 0 Å². The van der Waals surface area contributed by atoms with E-state index in [-0.39, 0.29) is 18.3 Å². The summed E-state index contributed by atoms with van der Waals surface area (Å²) in [6.07, 6.45) is 1.01. The molecular formula is C11H21ClN4O. The highest BCUT2D eigenvalue weighted by Crippen LogP contribution is 2.13. The quantitative estimate of drug-likeness (QED) is 0.830. The number of hydrogen-bond acceptors (Lipinski definition) is 3. The molecule has 6 heteroatoms. The Morgan fingerprint density at radius 2 is 2.12 bits per heavy atom. The van der Waals surface area contributed by atoms with Crippen molar-refractivity contribution < 1.29 is 4.79 Å². The van der Waals surface area contributed by atoms with Gasteiger partial charge in [0, 0.05) is 25.3 Å². The monoisotopic (exact) mass is 260 g/mol. The minimum absolute atomic E-state index is 0. The molecule has 0 aliphatic heterocycles. The van der Waals surface area contributed by atoms with Crippen LogP contribution in [0.4, 0.5) is 0 Å². The van der Waals surface area contributed by atoms with Crippen LogP contribution in [0, 0.1) is 13.8 Å². The summed E-state index contributed by atoms with van der Waals surface area (Å²) >= 11 is 0. The number of rotatable bonds is 5. The topological polar surface area (TPSA) is 72.9 Å². The summed E-state index contributed by atoms with van der Waals surface area (Å²) in [5.74, 6) is -0.0807. The molecule has 1 rings (SSSR count). The summed E-state index contributed by atoms with van der Waals surface area (Å²) in [5, 5.41) is 7.12. The van der Waals surface area contributed by atoms with Gasteiger partial charge in [0.1, 0.15) is 0 Å². The van der Waals surface area contributed by atoms with Gasteiger partial charge in [-0.3, -0.25) is 9.48 Å². The van der Waals surface area contributed by atoms with Crippen LogP contribution in [0.25, 0.3) is 0 Å². The molecule has 0 bridgehead atoms. The van der Waals surface area contributed by atoms with Crippen molar-refractivity contribution in [2.75, 3.05) is 13.1 Å². The Hall–Kier alpha value is -1.07. The SMILES string of the molecule is CCCn1nc(C)c(C(=O)NCCN)c1C.Cl. The number of carbonyl (C=O) groups is 1. The van der Waals surface area contributed by atoms with Crippen LogP contribution >= 0.6 is 12.4 Å². The van der Waals surface area contributed by atoms with E-state index in [2.05, 4.69) is 17.3 Å². The van der Waals surface area contributed by atoms with E-state index in [1.54, 1.807) is 0 Å². The molecule has 0 aliphatic carbocycles. The molecule has 0 unspecified atom stereocenters. The van der Waals surface area contributed by atoms with Crippen molar-refractivity contribution in [1.82, 2.24) is 15.1 Å². The zero-order chi connectivity index (χ0) is 12.1. The minimum atomic E-state index is -0.0807. The average molecular weight is 261 g/mol. The first-order valence-electron chi connectivity index (χ1n) is 5.64. The lowest BCUT2D eigenvalue weighted by Crippen LogP contribution is -2.29. The number of nitrogens with one attached hydrogen (secondary N) is 1. The molecule has 1 heterocycles. The zero-order valence-electron chi connectivity index (χ0n) is 10.6. The number of nitrogens with two attached hydrogens (primary N) is 1. The number of aromatic nitrogens is 2. The highest BCUT2D eigenvalue weighted by molar-refractivity contribution is 5.96. The maximum absolute atomic E-state index is 11.8. The lowest BCUT2D eigenvalue weighted by molar-refractivity contribution is 0.0953. The standard InChI is InChI=1S/C11H20N4O.ClH/c1-4-7-15-9(3)10(8(2)14-15)11(16)13-6-5-12;/h4-7,12H2,1-3H3,(H,13,16);1H. The highest BCUT2D eigenvalue weighted by atomic mass is 35.5.